The number of carbonyl (C=O) groups excluding carboxylic acids is 1. The van der Waals surface area contributed by atoms with Crippen LogP contribution in [0.5, 0.6) is 0 Å². The molecule has 0 bridgehead atoms. The Labute approximate surface area is 184 Å². The fourth-order valence-corrected chi connectivity index (χ4v) is 5.20. The number of nitrogens with zero attached hydrogens (tertiary/aromatic N) is 4. The van der Waals surface area contributed by atoms with E-state index in [-0.39, 0.29) is 18.3 Å². The highest BCUT2D eigenvalue weighted by Gasteiger charge is 2.31. The van der Waals surface area contributed by atoms with E-state index in [9.17, 15) is 13.2 Å². The van der Waals surface area contributed by atoms with Gasteiger partial charge in [-0.05, 0) is 25.5 Å². The summed E-state index contributed by atoms with van der Waals surface area (Å²) in [5, 5.41) is 5.49. The van der Waals surface area contributed by atoms with Crippen LogP contribution in [0, 0.1) is 0 Å². The highest BCUT2D eigenvalue weighted by atomic mass is 32.2. The van der Waals surface area contributed by atoms with E-state index >= 15 is 0 Å². The van der Waals surface area contributed by atoms with E-state index in [2.05, 4.69) is 40.2 Å². The van der Waals surface area contributed by atoms with Crippen molar-refractivity contribution in [2.24, 2.45) is 0 Å². The summed E-state index contributed by atoms with van der Waals surface area (Å²) >= 11 is 0. The molecule has 3 heterocycles. The average Bonchev–Trinajstić information content (AvgIpc) is 3.31. The zero-order valence-electron chi connectivity index (χ0n) is 18.6. The van der Waals surface area contributed by atoms with Crippen molar-refractivity contribution < 1.29 is 17.9 Å². The van der Waals surface area contributed by atoms with Crippen molar-refractivity contribution in [1.29, 1.82) is 0 Å². The first-order valence-electron chi connectivity index (χ1n) is 10.5. The number of carbonyl (C=O) groups is 1. The minimum absolute atomic E-state index is 0.0600. The van der Waals surface area contributed by atoms with Gasteiger partial charge in [0.15, 0.2) is 11.5 Å². The third-order valence-corrected chi connectivity index (χ3v) is 8.73. The average molecular weight is 469 g/mol. The van der Waals surface area contributed by atoms with Gasteiger partial charge in [0.05, 0.1) is 11.9 Å². The van der Waals surface area contributed by atoms with Gasteiger partial charge in [-0.15, -0.1) is 0 Å². The van der Waals surface area contributed by atoms with Gasteiger partial charge >= 0.3 is 6.03 Å². The van der Waals surface area contributed by atoms with E-state index in [1.54, 1.807) is 6.92 Å². The van der Waals surface area contributed by atoms with E-state index in [4.69, 9.17) is 4.74 Å². The predicted octanol–water partition coefficient (Wildman–Crippen LogP) is 2.29. The molecule has 2 N–H and O–H groups in total. The summed E-state index contributed by atoms with van der Waals surface area (Å²) in [7, 11) is -4.36. The third kappa shape index (κ3) is 6.48. The van der Waals surface area contributed by atoms with Crippen molar-refractivity contribution in [1.82, 2.24) is 24.2 Å². The monoisotopic (exact) mass is 468 g/mol. The SMILES string of the molecule is CCS(=O)(=O)N1CCC(NC(=O)Nc2cnc3c(ccn3COCC[Si](C)(C)C)n2)C1. The summed E-state index contributed by atoms with van der Waals surface area (Å²) in [6, 6.07) is 2.28. The molecule has 1 atom stereocenters. The molecule has 0 radical (unpaired) electrons. The Morgan fingerprint density at radius 3 is 2.84 bits per heavy atom. The molecule has 10 nitrogen and oxygen atoms in total. The second-order valence-corrected chi connectivity index (χ2v) is 16.8. The van der Waals surface area contributed by atoms with Crippen molar-refractivity contribution in [3.05, 3.63) is 18.5 Å². The summed E-state index contributed by atoms with van der Waals surface area (Å²) in [6.07, 6.45) is 3.95. The lowest BCUT2D eigenvalue weighted by molar-refractivity contribution is 0.0899. The van der Waals surface area contributed by atoms with Crippen molar-refractivity contribution >= 4 is 41.1 Å². The summed E-state index contributed by atoms with van der Waals surface area (Å²) in [6.45, 7) is 10.4. The molecule has 2 amide bonds. The number of rotatable bonds is 9. The first-order chi connectivity index (χ1) is 14.6. The largest absolute Gasteiger partial charge is 0.361 e. The van der Waals surface area contributed by atoms with Crippen LogP contribution in [0.3, 0.4) is 0 Å². The Morgan fingerprint density at radius 2 is 2.13 bits per heavy atom. The van der Waals surface area contributed by atoms with Crippen molar-refractivity contribution in [3.63, 3.8) is 0 Å². The number of anilines is 1. The third-order valence-electron chi connectivity index (χ3n) is 5.18. The second-order valence-electron chi connectivity index (χ2n) is 8.94. The Balaban J connectivity index is 1.52. The summed E-state index contributed by atoms with van der Waals surface area (Å²) in [4.78, 5) is 21.2. The number of nitrogens with one attached hydrogen (secondary N) is 2. The highest BCUT2D eigenvalue weighted by Crippen LogP contribution is 2.16. The number of hydrogen-bond donors (Lipinski definition) is 2. The topological polar surface area (TPSA) is 118 Å². The van der Waals surface area contributed by atoms with Gasteiger partial charge in [-0.3, -0.25) is 5.32 Å². The summed E-state index contributed by atoms with van der Waals surface area (Å²) in [5.41, 5.74) is 1.35. The van der Waals surface area contributed by atoms with Gasteiger partial charge in [-0.1, -0.05) is 19.6 Å². The molecule has 1 unspecified atom stereocenters. The van der Waals surface area contributed by atoms with Gasteiger partial charge in [0.1, 0.15) is 12.2 Å². The number of hydrogen-bond acceptors (Lipinski definition) is 6. The fraction of sp³-hybridized carbons (Fsp3) is 0.632. The standard InChI is InChI=1S/C19H32N6O4SSi/c1-5-30(27,28)25-9-6-15(13-25)21-19(26)23-17-12-20-18-16(22-17)7-8-24(18)14-29-10-11-31(2,3)4/h7-8,12,15H,5-6,9-11,13-14H2,1-4H3,(H2,21,22,23,26). The summed E-state index contributed by atoms with van der Waals surface area (Å²) < 4.78 is 33.0. The smallest absolute Gasteiger partial charge is 0.320 e. The lowest BCUT2D eigenvalue weighted by Crippen LogP contribution is -2.41. The minimum atomic E-state index is -3.23. The molecule has 2 aromatic rings. The maximum Gasteiger partial charge on any atom is 0.320 e. The number of urea groups is 1. The van der Waals surface area contributed by atoms with E-state index in [0.717, 1.165) is 12.7 Å². The molecule has 1 aliphatic rings. The maximum atomic E-state index is 12.3. The molecule has 31 heavy (non-hydrogen) atoms. The molecule has 2 aromatic heterocycles. The van der Waals surface area contributed by atoms with Crippen LogP contribution in [0.15, 0.2) is 18.5 Å². The molecular formula is C19H32N6O4SSi. The number of ether oxygens (including phenoxy) is 1. The molecule has 0 spiro atoms. The molecule has 1 fully saturated rings. The molecule has 1 aliphatic heterocycles. The molecular weight excluding hydrogens is 436 g/mol. The predicted molar refractivity (Wildman–Crippen MR) is 123 cm³/mol. The number of aromatic nitrogens is 3. The minimum Gasteiger partial charge on any atom is -0.361 e. The van der Waals surface area contributed by atoms with Gasteiger partial charge in [-0.2, -0.15) is 4.31 Å². The fourth-order valence-electron chi connectivity index (χ4n) is 3.29. The van der Waals surface area contributed by atoms with Gasteiger partial charge in [0, 0.05) is 40.0 Å². The van der Waals surface area contributed by atoms with E-state index in [1.807, 2.05) is 16.8 Å². The van der Waals surface area contributed by atoms with Crippen LogP contribution in [-0.4, -0.2) is 72.9 Å². The van der Waals surface area contributed by atoms with Crippen LogP contribution in [0.2, 0.25) is 25.7 Å². The first-order valence-corrected chi connectivity index (χ1v) is 15.8. The number of sulfonamides is 1. The Hall–Kier alpha value is -2.02. The molecule has 172 valence electrons. The maximum absolute atomic E-state index is 12.3. The second kappa shape index (κ2) is 9.63. The normalized spacial score (nSPS) is 17.9. The lowest BCUT2D eigenvalue weighted by atomic mass is 10.3. The van der Waals surface area contributed by atoms with Crippen LogP contribution in [-0.2, 0) is 21.5 Å². The molecule has 0 aromatic carbocycles. The van der Waals surface area contributed by atoms with Gasteiger partial charge in [0.25, 0.3) is 0 Å². The molecule has 3 rings (SSSR count). The van der Waals surface area contributed by atoms with Crippen LogP contribution in [0.1, 0.15) is 13.3 Å². The van der Waals surface area contributed by atoms with Crippen LogP contribution in [0.4, 0.5) is 10.6 Å². The van der Waals surface area contributed by atoms with Crippen molar-refractivity contribution in [2.45, 2.75) is 51.8 Å². The van der Waals surface area contributed by atoms with Crippen LogP contribution in [0.25, 0.3) is 11.2 Å². The van der Waals surface area contributed by atoms with Gasteiger partial charge in [0.2, 0.25) is 10.0 Å². The van der Waals surface area contributed by atoms with E-state index < -0.39 is 24.1 Å². The Bertz CT molecular complexity index is 1020. The molecule has 1 saturated heterocycles. The lowest BCUT2D eigenvalue weighted by Gasteiger charge is -2.16. The van der Waals surface area contributed by atoms with E-state index in [0.29, 0.717) is 36.7 Å². The molecule has 0 aliphatic carbocycles. The van der Waals surface area contributed by atoms with Crippen molar-refractivity contribution in [2.75, 3.05) is 30.8 Å². The van der Waals surface area contributed by atoms with Crippen molar-refractivity contribution in [3.8, 4) is 0 Å². The molecule has 0 saturated carbocycles. The summed E-state index contributed by atoms with van der Waals surface area (Å²) in [5.74, 6) is 0.392. The van der Waals surface area contributed by atoms with Crippen LogP contribution < -0.4 is 10.6 Å². The molecule has 12 heteroatoms. The quantitative estimate of drug-likeness (QED) is 0.431. The van der Waals surface area contributed by atoms with E-state index in [1.165, 1.54) is 10.5 Å². The number of fused-ring (bicyclic) bond motifs is 1. The highest BCUT2D eigenvalue weighted by molar-refractivity contribution is 7.89. The van der Waals surface area contributed by atoms with Crippen LogP contribution >= 0.6 is 0 Å². The van der Waals surface area contributed by atoms with Gasteiger partial charge < -0.3 is 14.6 Å². The zero-order chi connectivity index (χ0) is 22.6. The zero-order valence-corrected chi connectivity index (χ0v) is 20.4. The first kappa shape index (κ1) is 23.6. The number of amides is 2. The Morgan fingerprint density at radius 1 is 1.35 bits per heavy atom. The Kier molecular flexibility index (Phi) is 7.34. The van der Waals surface area contributed by atoms with Gasteiger partial charge in [-0.25, -0.2) is 23.2 Å².